The van der Waals surface area contributed by atoms with Gasteiger partial charge in [-0.1, -0.05) is 13.8 Å². The standard InChI is InChI=1S/C24H29N5O2/c1-5-18(6-2)29-11-7-8-17-12-20(23(31)14-21(17)29)26-27-24-25-19-10-9-16(15(3)30)13-22(19)28(24)4/h9-10,12-14,18,31H,5-8,11H2,1-4H3. The summed E-state index contributed by atoms with van der Waals surface area (Å²) in [6.45, 7) is 6.98. The molecule has 31 heavy (non-hydrogen) atoms. The van der Waals surface area contributed by atoms with Gasteiger partial charge in [0, 0.05) is 37.0 Å². The summed E-state index contributed by atoms with van der Waals surface area (Å²) >= 11 is 0. The van der Waals surface area contributed by atoms with Crippen molar-refractivity contribution < 1.29 is 9.90 Å². The molecule has 0 fully saturated rings. The molecule has 0 amide bonds. The van der Waals surface area contributed by atoms with Crippen molar-refractivity contribution in [2.24, 2.45) is 17.3 Å². The average molecular weight is 420 g/mol. The highest BCUT2D eigenvalue weighted by atomic mass is 16.3. The second kappa shape index (κ2) is 8.49. The van der Waals surface area contributed by atoms with Crippen LogP contribution in [0.4, 0.5) is 17.3 Å². The van der Waals surface area contributed by atoms with Gasteiger partial charge >= 0.3 is 0 Å². The summed E-state index contributed by atoms with van der Waals surface area (Å²) in [6.07, 6.45) is 4.22. The number of ketones is 1. The van der Waals surface area contributed by atoms with Crippen LogP contribution in [0.1, 0.15) is 56.0 Å². The molecule has 0 bridgehead atoms. The van der Waals surface area contributed by atoms with Crippen LogP contribution in [0, 0.1) is 0 Å². The van der Waals surface area contributed by atoms with E-state index >= 15 is 0 Å². The van der Waals surface area contributed by atoms with Crippen molar-refractivity contribution in [3.63, 3.8) is 0 Å². The Labute approximate surface area is 182 Å². The molecule has 1 aliphatic heterocycles. The van der Waals surface area contributed by atoms with Gasteiger partial charge in [-0.2, -0.15) is 0 Å². The van der Waals surface area contributed by atoms with Gasteiger partial charge in [0.25, 0.3) is 0 Å². The smallest absolute Gasteiger partial charge is 0.250 e. The Hall–Kier alpha value is -3.22. The summed E-state index contributed by atoms with van der Waals surface area (Å²) in [5.41, 5.74) is 4.95. The number of imidazole rings is 1. The number of phenols is 1. The number of hydrogen-bond acceptors (Lipinski definition) is 6. The fourth-order valence-corrected chi connectivity index (χ4v) is 4.41. The average Bonchev–Trinajstić information content (AvgIpc) is 3.08. The molecule has 7 heteroatoms. The van der Waals surface area contributed by atoms with Crippen molar-refractivity contribution in [3.05, 3.63) is 41.5 Å². The van der Waals surface area contributed by atoms with Crippen LogP contribution in [0.15, 0.2) is 40.6 Å². The van der Waals surface area contributed by atoms with Crippen LogP contribution in [0.3, 0.4) is 0 Å². The molecule has 1 aliphatic rings. The van der Waals surface area contributed by atoms with Crippen molar-refractivity contribution in [1.29, 1.82) is 0 Å². The van der Waals surface area contributed by atoms with E-state index in [9.17, 15) is 9.90 Å². The van der Waals surface area contributed by atoms with E-state index in [1.807, 2.05) is 31.3 Å². The summed E-state index contributed by atoms with van der Waals surface area (Å²) < 4.78 is 1.80. The highest BCUT2D eigenvalue weighted by Crippen LogP contribution is 2.39. The monoisotopic (exact) mass is 419 g/mol. The maximum absolute atomic E-state index is 11.7. The lowest BCUT2D eigenvalue weighted by Crippen LogP contribution is -2.38. The Kier molecular flexibility index (Phi) is 5.76. The quantitative estimate of drug-likeness (QED) is 0.402. The molecule has 0 unspecified atom stereocenters. The Balaban J connectivity index is 1.67. The van der Waals surface area contributed by atoms with Gasteiger partial charge in [0.05, 0.1) is 11.0 Å². The number of phenolic OH excluding ortho intramolecular Hbond substituents is 1. The van der Waals surface area contributed by atoms with Crippen LogP contribution in [0.25, 0.3) is 11.0 Å². The van der Waals surface area contributed by atoms with Crippen molar-refractivity contribution >= 4 is 34.1 Å². The number of azo groups is 1. The molecule has 1 aromatic heterocycles. The maximum Gasteiger partial charge on any atom is 0.250 e. The third-order valence-electron chi connectivity index (χ3n) is 6.22. The van der Waals surface area contributed by atoms with Gasteiger partial charge in [0.2, 0.25) is 5.95 Å². The highest BCUT2D eigenvalue weighted by molar-refractivity contribution is 5.97. The first-order chi connectivity index (χ1) is 14.9. The van der Waals surface area contributed by atoms with Gasteiger partial charge in [-0.05, 0) is 62.4 Å². The fourth-order valence-electron chi connectivity index (χ4n) is 4.41. The zero-order valence-electron chi connectivity index (χ0n) is 18.6. The number of carbonyl (C=O) groups is 1. The summed E-state index contributed by atoms with van der Waals surface area (Å²) in [6, 6.07) is 9.64. The van der Waals surface area contributed by atoms with E-state index in [1.165, 1.54) is 5.56 Å². The summed E-state index contributed by atoms with van der Waals surface area (Å²) in [5.74, 6) is 0.553. The first kappa shape index (κ1) is 21.0. The van der Waals surface area contributed by atoms with E-state index in [1.54, 1.807) is 17.6 Å². The van der Waals surface area contributed by atoms with E-state index in [0.717, 1.165) is 48.9 Å². The topological polar surface area (TPSA) is 83.1 Å². The second-order valence-electron chi connectivity index (χ2n) is 8.17. The number of aromatic hydroxyl groups is 1. The molecule has 0 saturated carbocycles. The molecule has 0 saturated heterocycles. The minimum absolute atomic E-state index is 0.00712. The van der Waals surface area contributed by atoms with E-state index in [0.29, 0.717) is 23.2 Å². The number of benzene rings is 2. The molecule has 0 atom stereocenters. The predicted molar refractivity (Wildman–Crippen MR) is 123 cm³/mol. The molecule has 0 aliphatic carbocycles. The van der Waals surface area contributed by atoms with E-state index in [2.05, 4.69) is 34.0 Å². The van der Waals surface area contributed by atoms with Crippen LogP contribution >= 0.6 is 0 Å². The van der Waals surface area contributed by atoms with Crippen LogP contribution in [0.2, 0.25) is 0 Å². The number of anilines is 1. The van der Waals surface area contributed by atoms with Gasteiger partial charge < -0.3 is 14.6 Å². The fraction of sp³-hybridized carbons (Fsp3) is 0.417. The predicted octanol–water partition coefficient (Wildman–Crippen LogP) is 5.84. The number of aryl methyl sites for hydroxylation is 2. The summed E-state index contributed by atoms with van der Waals surface area (Å²) in [4.78, 5) is 18.6. The zero-order valence-corrected chi connectivity index (χ0v) is 18.6. The van der Waals surface area contributed by atoms with Gasteiger partial charge in [-0.15, -0.1) is 10.2 Å². The van der Waals surface area contributed by atoms with Crippen LogP contribution in [0.5, 0.6) is 5.75 Å². The molecule has 3 aromatic rings. The molecule has 2 aromatic carbocycles. The zero-order chi connectivity index (χ0) is 22.1. The molecule has 4 rings (SSSR count). The van der Waals surface area contributed by atoms with E-state index in [4.69, 9.17) is 0 Å². The molecule has 1 N–H and O–H groups in total. The Morgan fingerprint density at radius 2 is 1.97 bits per heavy atom. The number of carbonyl (C=O) groups excluding carboxylic acids is 1. The number of fused-ring (bicyclic) bond motifs is 2. The van der Waals surface area contributed by atoms with Crippen LogP contribution in [-0.4, -0.2) is 33.0 Å². The van der Waals surface area contributed by atoms with Crippen molar-refractivity contribution in [2.75, 3.05) is 11.4 Å². The maximum atomic E-state index is 11.7. The normalized spacial score (nSPS) is 14.0. The van der Waals surface area contributed by atoms with E-state index < -0.39 is 0 Å². The van der Waals surface area contributed by atoms with Crippen molar-refractivity contribution in [3.8, 4) is 5.75 Å². The second-order valence-corrected chi connectivity index (χ2v) is 8.17. The number of aromatic nitrogens is 2. The lowest BCUT2D eigenvalue weighted by molar-refractivity contribution is 0.101. The van der Waals surface area contributed by atoms with E-state index in [-0.39, 0.29) is 11.5 Å². The van der Waals surface area contributed by atoms with Crippen LogP contribution in [-0.2, 0) is 13.5 Å². The Morgan fingerprint density at radius 3 is 2.68 bits per heavy atom. The third kappa shape index (κ3) is 3.92. The third-order valence-corrected chi connectivity index (χ3v) is 6.22. The number of hydrogen-bond donors (Lipinski definition) is 1. The van der Waals surface area contributed by atoms with Gasteiger partial charge in [-0.3, -0.25) is 4.79 Å². The van der Waals surface area contributed by atoms with Gasteiger partial charge in [0.15, 0.2) is 5.78 Å². The van der Waals surface area contributed by atoms with Gasteiger partial charge in [-0.25, -0.2) is 4.98 Å². The SMILES string of the molecule is CCC(CC)N1CCCc2cc(N=Nc3nc4ccc(C(C)=O)cc4n3C)c(O)cc21. The molecule has 7 nitrogen and oxygen atoms in total. The Bertz CT molecular complexity index is 1160. The molecular weight excluding hydrogens is 390 g/mol. The van der Waals surface area contributed by atoms with Crippen molar-refractivity contribution in [1.82, 2.24) is 9.55 Å². The minimum Gasteiger partial charge on any atom is -0.506 e. The largest absolute Gasteiger partial charge is 0.506 e. The van der Waals surface area contributed by atoms with Crippen LogP contribution < -0.4 is 4.90 Å². The Morgan fingerprint density at radius 1 is 1.19 bits per heavy atom. The lowest BCUT2D eigenvalue weighted by atomic mass is 9.97. The summed E-state index contributed by atoms with van der Waals surface area (Å²) in [5, 5.41) is 19.3. The van der Waals surface area contributed by atoms with Crippen molar-refractivity contribution in [2.45, 2.75) is 52.5 Å². The number of Topliss-reactive ketones (excluding diaryl/α,β-unsaturated/α-hetero) is 1. The molecule has 2 heterocycles. The summed E-state index contributed by atoms with van der Waals surface area (Å²) in [7, 11) is 1.84. The first-order valence-corrected chi connectivity index (χ1v) is 10.9. The molecule has 0 radical (unpaired) electrons. The molecule has 0 spiro atoms. The highest BCUT2D eigenvalue weighted by Gasteiger charge is 2.24. The lowest BCUT2D eigenvalue weighted by Gasteiger charge is -2.37. The first-order valence-electron chi connectivity index (χ1n) is 10.9. The minimum atomic E-state index is 0.00712. The number of rotatable bonds is 6. The molecular formula is C24H29N5O2. The number of nitrogens with zero attached hydrogens (tertiary/aromatic N) is 5. The van der Waals surface area contributed by atoms with Gasteiger partial charge in [0.1, 0.15) is 11.4 Å². The molecule has 162 valence electrons.